The van der Waals surface area contributed by atoms with Crippen molar-refractivity contribution in [3.63, 3.8) is 0 Å². The van der Waals surface area contributed by atoms with Crippen molar-refractivity contribution in [3.05, 3.63) is 64.3 Å². The smallest absolute Gasteiger partial charge is 0.305 e. The molecule has 0 saturated carbocycles. The van der Waals surface area contributed by atoms with Gasteiger partial charge in [0.15, 0.2) is 11.6 Å². The fourth-order valence-corrected chi connectivity index (χ4v) is 5.90. The average molecular weight is 461 g/mol. The van der Waals surface area contributed by atoms with E-state index in [1.165, 1.54) is 18.2 Å². The first-order chi connectivity index (χ1) is 16.2. The first-order valence-corrected chi connectivity index (χ1v) is 11.2. The van der Waals surface area contributed by atoms with Gasteiger partial charge in [-0.3, -0.25) is 28.9 Å². The lowest BCUT2D eigenvalue weighted by Crippen LogP contribution is -2.40. The van der Waals surface area contributed by atoms with Crippen molar-refractivity contribution in [2.45, 2.75) is 32.1 Å². The molecular weight excluding hydrogens is 438 g/mol. The molecule has 4 aliphatic rings. The Hall–Kier alpha value is -3.81. The number of nitrogens with zero attached hydrogens (tertiary/aromatic N) is 1. The fourth-order valence-electron chi connectivity index (χ4n) is 5.90. The zero-order valence-electron chi connectivity index (χ0n) is 18.5. The first-order valence-electron chi connectivity index (χ1n) is 11.2. The van der Waals surface area contributed by atoms with Crippen molar-refractivity contribution in [2.75, 3.05) is 6.54 Å². The van der Waals surface area contributed by atoms with Gasteiger partial charge in [-0.25, -0.2) is 0 Å². The Morgan fingerprint density at radius 2 is 1.76 bits per heavy atom. The predicted molar refractivity (Wildman–Crippen MR) is 118 cm³/mol. The van der Waals surface area contributed by atoms with Crippen LogP contribution in [0, 0.1) is 17.8 Å². The summed E-state index contributed by atoms with van der Waals surface area (Å²) in [6.45, 7) is 1.42. The zero-order chi connectivity index (χ0) is 24.3. The van der Waals surface area contributed by atoms with E-state index in [2.05, 4.69) is 0 Å². The second-order valence-electron chi connectivity index (χ2n) is 9.29. The fraction of sp³-hybridized carbons (Fsp3) is 0.346. The van der Waals surface area contributed by atoms with Crippen LogP contribution in [0.2, 0.25) is 0 Å². The number of imide groups is 1. The minimum Gasteiger partial charge on any atom is -0.508 e. The third-order valence-corrected chi connectivity index (χ3v) is 7.43. The lowest BCUT2D eigenvalue weighted by Gasteiger charge is -2.42. The lowest BCUT2D eigenvalue weighted by atomic mass is 9.59. The molecule has 2 N–H and O–H groups in total. The maximum atomic E-state index is 13.3. The van der Waals surface area contributed by atoms with E-state index >= 15 is 0 Å². The molecule has 0 spiro atoms. The SMILES string of the molecule is CC1=CC(=O)C2=C(C1=O)C(c1ccc(O)cc1)C1=CCC3C(=O)N(CCC(=O)O)C(=O)C3C1C2. The van der Waals surface area contributed by atoms with E-state index in [4.69, 9.17) is 5.11 Å². The molecule has 3 aliphatic carbocycles. The number of allylic oxidation sites excluding steroid dienone is 6. The van der Waals surface area contributed by atoms with Crippen molar-refractivity contribution >= 4 is 29.4 Å². The van der Waals surface area contributed by atoms with Crippen LogP contribution in [0.3, 0.4) is 0 Å². The van der Waals surface area contributed by atoms with Crippen LogP contribution in [0.5, 0.6) is 5.75 Å². The molecule has 1 fully saturated rings. The number of rotatable bonds is 4. The van der Waals surface area contributed by atoms with E-state index in [0.29, 0.717) is 23.1 Å². The molecule has 4 atom stereocenters. The van der Waals surface area contributed by atoms with Gasteiger partial charge >= 0.3 is 5.97 Å². The van der Waals surface area contributed by atoms with Gasteiger partial charge in [0, 0.05) is 29.2 Å². The van der Waals surface area contributed by atoms with Crippen molar-refractivity contribution < 1.29 is 34.2 Å². The quantitative estimate of drug-likeness (QED) is 0.400. The summed E-state index contributed by atoms with van der Waals surface area (Å²) >= 11 is 0. The van der Waals surface area contributed by atoms with Crippen molar-refractivity contribution in [1.82, 2.24) is 4.90 Å². The normalized spacial score (nSPS) is 28.3. The summed E-state index contributed by atoms with van der Waals surface area (Å²) in [5.41, 5.74) is 2.65. The number of amides is 2. The van der Waals surface area contributed by atoms with E-state index in [0.717, 1.165) is 16.0 Å². The molecule has 1 heterocycles. The summed E-state index contributed by atoms with van der Waals surface area (Å²) in [6.07, 6.45) is 3.38. The number of carbonyl (C=O) groups excluding carboxylic acids is 4. The highest BCUT2D eigenvalue weighted by Crippen LogP contribution is 2.55. The number of carboxylic acid groups (broad SMARTS) is 1. The lowest BCUT2D eigenvalue weighted by molar-refractivity contribution is -0.142. The molecule has 0 radical (unpaired) electrons. The Kier molecular flexibility index (Phi) is 5.11. The number of carboxylic acids is 1. The van der Waals surface area contributed by atoms with Crippen molar-refractivity contribution in [3.8, 4) is 5.75 Å². The minimum atomic E-state index is -1.09. The van der Waals surface area contributed by atoms with Crippen LogP contribution in [0.25, 0.3) is 0 Å². The number of benzene rings is 1. The second kappa shape index (κ2) is 7.90. The van der Waals surface area contributed by atoms with Crippen molar-refractivity contribution in [2.24, 2.45) is 17.8 Å². The summed E-state index contributed by atoms with van der Waals surface area (Å²) < 4.78 is 0. The average Bonchev–Trinajstić information content (AvgIpc) is 3.05. The highest BCUT2D eigenvalue weighted by atomic mass is 16.4. The van der Waals surface area contributed by atoms with E-state index in [9.17, 15) is 29.1 Å². The molecule has 174 valence electrons. The van der Waals surface area contributed by atoms with Crippen LogP contribution in [0.1, 0.15) is 37.7 Å². The topological polar surface area (TPSA) is 129 Å². The maximum Gasteiger partial charge on any atom is 0.305 e. The number of carbonyl (C=O) groups is 5. The second-order valence-corrected chi connectivity index (χ2v) is 9.29. The summed E-state index contributed by atoms with van der Waals surface area (Å²) in [5, 5.41) is 18.8. The summed E-state index contributed by atoms with van der Waals surface area (Å²) in [5.74, 6) is -4.64. The van der Waals surface area contributed by atoms with E-state index in [1.807, 2.05) is 6.08 Å². The van der Waals surface area contributed by atoms with E-state index in [1.54, 1.807) is 19.1 Å². The van der Waals surface area contributed by atoms with Crippen LogP contribution >= 0.6 is 0 Å². The van der Waals surface area contributed by atoms with Gasteiger partial charge < -0.3 is 10.2 Å². The Labute approximate surface area is 195 Å². The van der Waals surface area contributed by atoms with Crippen molar-refractivity contribution in [1.29, 1.82) is 0 Å². The minimum absolute atomic E-state index is 0.0655. The molecule has 34 heavy (non-hydrogen) atoms. The van der Waals surface area contributed by atoms with E-state index < -0.39 is 35.5 Å². The Balaban J connectivity index is 1.61. The van der Waals surface area contributed by atoms with Crippen LogP contribution in [0.4, 0.5) is 0 Å². The van der Waals surface area contributed by atoms with Gasteiger partial charge in [0.2, 0.25) is 11.8 Å². The highest BCUT2D eigenvalue weighted by molar-refractivity contribution is 6.23. The largest absolute Gasteiger partial charge is 0.508 e. The highest BCUT2D eigenvalue weighted by Gasteiger charge is 2.56. The third-order valence-electron chi connectivity index (χ3n) is 7.43. The molecular formula is C26H23NO7. The monoisotopic (exact) mass is 461 g/mol. The van der Waals surface area contributed by atoms with Gasteiger partial charge in [0.05, 0.1) is 18.3 Å². The molecule has 1 aromatic carbocycles. The molecule has 2 amide bonds. The Morgan fingerprint density at radius 3 is 2.44 bits per heavy atom. The van der Waals surface area contributed by atoms with Gasteiger partial charge in [-0.05, 0) is 49.5 Å². The Bertz CT molecular complexity index is 1250. The molecule has 5 rings (SSSR count). The first kappa shape index (κ1) is 22.0. The summed E-state index contributed by atoms with van der Waals surface area (Å²) in [4.78, 5) is 64.6. The predicted octanol–water partition coefficient (Wildman–Crippen LogP) is 2.30. The third kappa shape index (κ3) is 3.24. The molecule has 4 unspecified atom stereocenters. The summed E-state index contributed by atoms with van der Waals surface area (Å²) in [6, 6.07) is 6.43. The number of phenolic OH excluding ortho intramolecular Hbond substituents is 1. The van der Waals surface area contributed by atoms with Crippen LogP contribution < -0.4 is 0 Å². The molecule has 8 nitrogen and oxygen atoms in total. The van der Waals surface area contributed by atoms with Crippen LogP contribution in [-0.2, 0) is 24.0 Å². The number of likely N-dealkylation sites (tertiary alicyclic amines) is 1. The van der Waals surface area contributed by atoms with Gasteiger partial charge in [0.1, 0.15) is 5.75 Å². The number of aliphatic carboxylic acids is 1. The number of ketones is 2. The number of aromatic hydroxyl groups is 1. The molecule has 8 heteroatoms. The van der Waals surface area contributed by atoms with Gasteiger partial charge in [0.25, 0.3) is 0 Å². The maximum absolute atomic E-state index is 13.3. The summed E-state index contributed by atoms with van der Waals surface area (Å²) in [7, 11) is 0. The van der Waals surface area contributed by atoms with E-state index in [-0.39, 0.29) is 42.6 Å². The standard InChI is InChI=1S/C26H23NO7/c1-12-10-19(29)18-11-17-15(21(23(18)24(12)32)13-2-4-14(28)5-3-13)6-7-16-22(17)26(34)27(25(16)33)9-8-20(30)31/h2-6,10,16-17,21-22,28H,7-9,11H2,1H3,(H,30,31). The van der Waals surface area contributed by atoms with Gasteiger partial charge in [-0.2, -0.15) is 0 Å². The molecule has 1 aliphatic heterocycles. The number of Topliss-reactive ketones (excluding diaryl/α,β-unsaturated/α-hetero) is 1. The number of hydrogen-bond acceptors (Lipinski definition) is 6. The molecule has 1 aromatic rings. The number of hydrogen-bond donors (Lipinski definition) is 2. The zero-order valence-corrected chi connectivity index (χ0v) is 18.5. The van der Waals surface area contributed by atoms with Gasteiger partial charge in [-0.15, -0.1) is 0 Å². The molecule has 1 saturated heterocycles. The molecule has 0 bridgehead atoms. The number of fused-ring (bicyclic) bond motifs is 3. The number of phenols is 1. The van der Waals surface area contributed by atoms with Crippen LogP contribution in [-0.4, -0.2) is 51.0 Å². The van der Waals surface area contributed by atoms with Crippen LogP contribution in [0.15, 0.2) is 58.7 Å². The van der Waals surface area contributed by atoms with Gasteiger partial charge in [-0.1, -0.05) is 23.8 Å². The Morgan fingerprint density at radius 1 is 1.06 bits per heavy atom. The molecule has 0 aromatic heterocycles.